The highest BCUT2D eigenvalue weighted by atomic mass is 35.5. The lowest BCUT2D eigenvalue weighted by Crippen LogP contribution is -2.50. The monoisotopic (exact) mass is 424 g/mol. The van der Waals surface area contributed by atoms with Crippen LogP contribution in [-0.4, -0.2) is 40.3 Å². The molecule has 0 aromatic heterocycles. The second-order valence-corrected chi connectivity index (χ2v) is 8.83. The molecule has 0 saturated carbocycles. The Labute approximate surface area is 169 Å². The summed E-state index contributed by atoms with van der Waals surface area (Å²) in [4.78, 5) is 12.8. The number of benzene rings is 2. The molecule has 2 atom stereocenters. The molecule has 0 fully saturated rings. The van der Waals surface area contributed by atoms with Crippen LogP contribution in [0.15, 0.2) is 42.5 Å². The van der Waals surface area contributed by atoms with Gasteiger partial charge in [0, 0.05) is 10.6 Å². The minimum absolute atomic E-state index is 0.142. The van der Waals surface area contributed by atoms with Crippen LogP contribution in [0.4, 0.5) is 5.69 Å². The van der Waals surface area contributed by atoms with Crippen LogP contribution < -0.4 is 19.1 Å². The molecule has 150 valence electrons. The molecule has 0 saturated heterocycles. The number of nitrogens with one attached hydrogen (secondary N) is 1. The van der Waals surface area contributed by atoms with E-state index in [2.05, 4.69) is 5.32 Å². The van der Waals surface area contributed by atoms with Gasteiger partial charge in [0.25, 0.3) is 5.91 Å². The molecule has 2 aromatic carbocycles. The van der Waals surface area contributed by atoms with E-state index in [4.69, 9.17) is 21.1 Å². The minimum Gasteiger partial charge on any atom is -0.496 e. The highest BCUT2D eigenvalue weighted by Gasteiger charge is 2.35. The van der Waals surface area contributed by atoms with Crippen molar-refractivity contribution in [2.24, 2.45) is 0 Å². The number of para-hydroxylation sites is 1. The number of amides is 1. The quantitative estimate of drug-likeness (QED) is 0.797. The molecule has 28 heavy (non-hydrogen) atoms. The van der Waals surface area contributed by atoms with Gasteiger partial charge >= 0.3 is 0 Å². The van der Waals surface area contributed by atoms with Gasteiger partial charge in [-0.05, 0) is 31.2 Å². The second kappa shape index (κ2) is 7.89. The van der Waals surface area contributed by atoms with E-state index in [1.807, 2.05) is 25.1 Å². The Morgan fingerprint density at radius 1 is 1.32 bits per heavy atom. The van der Waals surface area contributed by atoms with Crippen molar-refractivity contribution >= 4 is 33.2 Å². The molecule has 0 unspecified atom stereocenters. The molecule has 1 heterocycles. The summed E-state index contributed by atoms with van der Waals surface area (Å²) in [6, 6.07) is 11.6. The number of carbonyl (C=O) groups excluding carboxylic acids is 1. The van der Waals surface area contributed by atoms with E-state index >= 15 is 0 Å². The van der Waals surface area contributed by atoms with Crippen LogP contribution >= 0.6 is 11.6 Å². The predicted molar refractivity (Wildman–Crippen MR) is 108 cm³/mol. The van der Waals surface area contributed by atoms with Gasteiger partial charge in [-0.1, -0.05) is 29.8 Å². The van der Waals surface area contributed by atoms with Gasteiger partial charge in [-0.3, -0.25) is 9.10 Å². The van der Waals surface area contributed by atoms with Crippen LogP contribution in [0.2, 0.25) is 5.02 Å². The Morgan fingerprint density at radius 2 is 2.04 bits per heavy atom. The van der Waals surface area contributed by atoms with Gasteiger partial charge in [-0.25, -0.2) is 8.42 Å². The smallest absolute Gasteiger partial charge is 0.263 e. The summed E-state index contributed by atoms with van der Waals surface area (Å²) in [5, 5.41) is 3.24. The zero-order valence-corrected chi connectivity index (χ0v) is 17.3. The Hall–Kier alpha value is -2.45. The number of hydrogen-bond acceptors (Lipinski definition) is 5. The molecule has 0 spiro atoms. The summed E-state index contributed by atoms with van der Waals surface area (Å²) in [7, 11) is -2.06. The van der Waals surface area contributed by atoms with Crippen molar-refractivity contribution in [1.82, 2.24) is 5.32 Å². The van der Waals surface area contributed by atoms with Crippen molar-refractivity contribution in [2.45, 2.75) is 19.1 Å². The summed E-state index contributed by atoms with van der Waals surface area (Å²) in [5.74, 6) is 0.511. The van der Waals surface area contributed by atoms with Gasteiger partial charge in [0.1, 0.15) is 11.5 Å². The zero-order valence-electron chi connectivity index (χ0n) is 15.7. The molecule has 1 N–H and O–H groups in total. The fourth-order valence-electron chi connectivity index (χ4n) is 3.08. The number of halogens is 1. The molecule has 1 aliphatic heterocycles. The van der Waals surface area contributed by atoms with Crippen LogP contribution in [0, 0.1) is 0 Å². The lowest BCUT2D eigenvalue weighted by molar-refractivity contribution is -0.128. The van der Waals surface area contributed by atoms with E-state index in [0.29, 0.717) is 16.5 Å². The van der Waals surface area contributed by atoms with Gasteiger partial charge in [0.2, 0.25) is 10.0 Å². The Bertz CT molecular complexity index is 996. The Morgan fingerprint density at radius 3 is 2.71 bits per heavy atom. The lowest BCUT2D eigenvalue weighted by Gasteiger charge is -2.34. The highest BCUT2D eigenvalue weighted by Crippen LogP contribution is 2.37. The van der Waals surface area contributed by atoms with Crippen molar-refractivity contribution in [2.75, 3.05) is 24.2 Å². The summed E-state index contributed by atoms with van der Waals surface area (Å²) < 4.78 is 36.7. The molecule has 9 heteroatoms. The third-order valence-electron chi connectivity index (χ3n) is 4.45. The average molecular weight is 425 g/mol. The molecule has 0 aliphatic carbocycles. The summed E-state index contributed by atoms with van der Waals surface area (Å²) in [6.07, 6.45) is 0.0793. The zero-order chi connectivity index (χ0) is 20.5. The second-order valence-electron chi connectivity index (χ2n) is 6.48. The van der Waals surface area contributed by atoms with Crippen molar-refractivity contribution in [1.29, 1.82) is 0 Å². The van der Waals surface area contributed by atoms with Gasteiger partial charge in [-0.2, -0.15) is 0 Å². The Kier molecular flexibility index (Phi) is 5.71. The van der Waals surface area contributed by atoms with E-state index in [0.717, 1.165) is 16.1 Å². The van der Waals surface area contributed by atoms with Crippen LogP contribution in [-0.2, 0) is 14.8 Å². The molecular formula is C19H21ClN2O5S. The van der Waals surface area contributed by atoms with E-state index in [-0.39, 0.29) is 18.3 Å². The molecular weight excluding hydrogens is 404 g/mol. The minimum atomic E-state index is -3.62. The summed E-state index contributed by atoms with van der Waals surface area (Å²) in [5.41, 5.74) is 1.12. The van der Waals surface area contributed by atoms with Gasteiger partial charge in [0.05, 0.1) is 31.6 Å². The predicted octanol–water partition coefficient (Wildman–Crippen LogP) is 2.75. The maximum absolute atomic E-state index is 12.8. The molecule has 0 bridgehead atoms. The number of anilines is 1. The number of nitrogens with zero attached hydrogens (tertiary/aromatic N) is 1. The number of methoxy groups -OCH3 is 1. The number of hydrogen-bond donors (Lipinski definition) is 1. The molecule has 7 nitrogen and oxygen atoms in total. The van der Waals surface area contributed by atoms with E-state index in [9.17, 15) is 13.2 Å². The van der Waals surface area contributed by atoms with Crippen LogP contribution in [0.1, 0.15) is 18.5 Å². The first-order valence-electron chi connectivity index (χ1n) is 8.58. The van der Waals surface area contributed by atoms with Gasteiger partial charge in [-0.15, -0.1) is 0 Å². The number of fused-ring (bicyclic) bond motifs is 1. The molecule has 1 aliphatic rings. The molecule has 0 radical (unpaired) electrons. The molecule has 3 rings (SSSR count). The maximum atomic E-state index is 12.8. The highest BCUT2D eigenvalue weighted by molar-refractivity contribution is 7.92. The molecule has 2 aromatic rings. The van der Waals surface area contributed by atoms with Crippen LogP contribution in [0.5, 0.6) is 11.5 Å². The van der Waals surface area contributed by atoms with Crippen molar-refractivity contribution in [3.05, 3.63) is 53.1 Å². The third-order valence-corrected chi connectivity index (χ3v) is 5.83. The lowest BCUT2D eigenvalue weighted by atomic mass is 10.1. The number of rotatable bonds is 5. The van der Waals surface area contributed by atoms with Gasteiger partial charge < -0.3 is 14.8 Å². The fourth-order valence-corrected chi connectivity index (χ4v) is 4.16. The average Bonchev–Trinajstić information content (AvgIpc) is 2.66. The normalized spacial score (nSPS) is 17.3. The first kappa shape index (κ1) is 20.3. The van der Waals surface area contributed by atoms with Crippen LogP contribution in [0.25, 0.3) is 0 Å². The number of sulfonamides is 1. The topological polar surface area (TPSA) is 84.9 Å². The molecule has 1 amide bonds. The standard InChI is InChI=1S/C19H21ClN2O5S/c1-12(14-6-4-5-7-16(14)26-2)21-19(23)18-11-22(28(3,24)25)15-10-13(20)8-9-17(15)27-18/h4-10,12,18H,11H2,1-3H3,(H,21,23)/t12-,18+/m0/s1. The first-order chi connectivity index (χ1) is 13.2. The van der Waals surface area contributed by atoms with E-state index in [1.54, 1.807) is 25.3 Å². The summed E-state index contributed by atoms with van der Waals surface area (Å²) in [6.45, 7) is 1.68. The van der Waals surface area contributed by atoms with Crippen molar-refractivity contribution in [3.63, 3.8) is 0 Å². The summed E-state index contributed by atoms with van der Waals surface area (Å²) >= 11 is 5.99. The van der Waals surface area contributed by atoms with Gasteiger partial charge in [0.15, 0.2) is 6.10 Å². The largest absolute Gasteiger partial charge is 0.496 e. The SMILES string of the molecule is COc1ccccc1[C@H](C)NC(=O)[C@H]1CN(S(C)(=O)=O)c2cc(Cl)ccc2O1. The Balaban J connectivity index is 1.84. The first-order valence-corrected chi connectivity index (χ1v) is 10.8. The van der Waals surface area contributed by atoms with E-state index < -0.39 is 22.0 Å². The number of ether oxygens (including phenoxy) is 2. The van der Waals surface area contributed by atoms with E-state index in [1.165, 1.54) is 6.07 Å². The maximum Gasteiger partial charge on any atom is 0.263 e. The fraction of sp³-hybridized carbons (Fsp3) is 0.316. The third kappa shape index (κ3) is 4.18. The van der Waals surface area contributed by atoms with Crippen LogP contribution in [0.3, 0.4) is 0 Å². The van der Waals surface area contributed by atoms with Crippen molar-refractivity contribution < 1.29 is 22.7 Å². The number of carbonyl (C=O) groups is 1. The van der Waals surface area contributed by atoms with Crippen molar-refractivity contribution in [3.8, 4) is 11.5 Å².